The minimum atomic E-state index is -3.25. The smallest absolute Gasteiger partial charge is 0.227 e. The highest BCUT2D eigenvalue weighted by Crippen LogP contribution is 2.32. The van der Waals surface area contributed by atoms with Gasteiger partial charge in [0.25, 0.3) is 0 Å². The maximum Gasteiger partial charge on any atom is 0.227 e. The third kappa shape index (κ3) is 4.02. The number of ether oxygens (including phenoxy) is 1. The van der Waals surface area contributed by atoms with Crippen molar-refractivity contribution in [3.63, 3.8) is 0 Å². The van der Waals surface area contributed by atoms with Gasteiger partial charge in [-0.3, -0.25) is 0 Å². The van der Waals surface area contributed by atoms with Gasteiger partial charge in [-0.1, -0.05) is 24.3 Å². The van der Waals surface area contributed by atoms with Gasteiger partial charge in [-0.05, 0) is 24.5 Å². The van der Waals surface area contributed by atoms with Gasteiger partial charge in [0.1, 0.15) is 5.82 Å². The molecule has 166 valence electrons. The molecule has 4 heterocycles. The Kier molecular flexibility index (Phi) is 5.58. The van der Waals surface area contributed by atoms with Crippen LogP contribution in [0.2, 0.25) is 0 Å². The lowest BCUT2D eigenvalue weighted by Crippen LogP contribution is -2.42. The number of hydrogen-bond donors (Lipinski definition) is 0. The van der Waals surface area contributed by atoms with E-state index in [0.717, 1.165) is 55.6 Å². The number of anilines is 2. The molecule has 3 aliphatic rings. The standard InChI is InChI=1S/C22H29N5O3S/c1-2-31(28,29)27-10-8-20-19(16-27)21(25-11-13-30-14-12-25)24-22(23-20)26-9-7-17-5-3-4-6-18(17)15-26/h3-6H,2,7-16H2,1H3. The van der Waals surface area contributed by atoms with Crippen molar-refractivity contribution in [1.29, 1.82) is 0 Å². The molecule has 1 saturated heterocycles. The summed E-state index contributed by atoms with van der Waals surface area (Å²) in [6.07, 6.45) is 1.60. The molecule has 9 heteroatoms. The molecular weight excluding hydrogens is 414 g/mol. The molecule has 0 aliphatic carbocycles. The van der Waals surface area contributed by atoms with E-state index in [9.17, 15) is 8.42 Å². The predicted molar refractivity (Wildman–Crippen MR) is 120 cm³/mol. The molecule has 2 aromatic rings. The lowest BCUT2D eigenvalue weighted by Gasteiger charge is -2.36. The van der Waals surface area contributed by atoms with Crippen molar-refractivity contribution in [3.8, 4) is 0 Å². The molecule has 1 aromatic carbocycles. The molecule has 0 bridgehead atoms. The SMILES string of the molecule is CCS(=O)(=O)N1CCc2nc(N3CCc4ccccc4C3)nc(N3CCOCC3)c2C1. The predicted octanol–water partition coefficient (Wildman–Crippen LogP) is 1.58. The van der Waals surface area contributed by atoms with Gasteiger partial charge in [0, 0.05) is 51.3 Å². The summed E-state index contributed by atoms with van der Waals surface area (Å²) in [5.74, 6) is 1.74. The van der Waals surface area contributed by atoms with E-state index in [1.54, 1.807) is 11.2 Å². The average Bonchev–Trinajstić information content (AvgIpc) is 2.83. The van der Waals surface area contributed by atoms with E-state index in [1.165, 1.54) is 11.1 Å². The Balaban J connectivity index is 1.52. The van der Waals surface area contributed by atoms with Crippen LogP contribution in [0.4, 0.5) is 11.8 Å². The fraction of sp³-hybridized carbons (Fsp3) is 0.545. The number of morpholine rings is 1. The zero-order chi connectivity index (χ0) is 21.4. The van der Waals surface area contributed by atoms with Crippen molar-refractivity contribution in [1.82, 2.24) is 14.3 Å². The van der Waals surface area contributed by atoms with E-state index in [4.69, 9.17) is 14.7 Å². The number of nitrogens with zero attached hydrogens (tertiary/aromatic N) is 5. The van der Waals surface area contributed by atoms with Gasteiger partial charge in [-0.25, -0.2) is 13.4 Å². The van der Waals surface area contributed by atoms with Crippen molar-refractivity contribution < 1.29 is 13.2 Å². The number of hydrogen-bond acceptors (Lipinski definition) is 7. The second-order valence-corrected chi connectivity index (χ2v) is 10.6. The Labute approximate surface area is 183 Å². The van der Waals surface area contributed by atoms with Crippen LogP contribution in [0.3, 0.4) is 0 Å². The summed E-state index contributed by atoms with van der Waals surface area (Å²) in [6, 6.07) is 8.55. The Bertz CT molecular complexity index is 1070. The quantitative estimate of drug-likeness (QED) is 0.710. The van der Waals surface area contributed by atoms with E-state index < -0.39 is 10.0 Å². The fourth-order valence-corrected chi connectivity index (χ4v) is 5.68. The van der Waals surface area contributed by atoms with Crippen LogP contribution in [0.15, 0.2) is 24.3 Å². The molecule has 1 fully saturated rings. The van der Waals surface area contributed by atoms with Gasteiger partial charge in [0.2, 0.25) is 16.0 Å². The molecule has 0 spiro atoms. The Morgan fingerprint density at radius 1 is 0.935 bits per heavy atom. The van der Waals surface area contributed by atoms with E-state index >= 15 is 0 Å². The molecular formula is C22H29N5O3S. The highest BCUT2D eigenvalue weighted by molar-refractivity contribution is 7.89. The minimum Gasteiger partial charge on any atom is -0.378 e. The van der Waals surface area contributed by atoms with Crippen molar-refractivity contribution in [2.75, 3.05) is 54.9 Å². The molecule has 5 rings (SSSR count). The topological polar surface area (TPSA) is 78.9 Å². The molecule has 1 aromatic heterocycles. The maximum absolute atomic E-state index is 12.5. The molecule has 0 atom stereocenters. The largest absolute Gasteiger partial charge is 0.378 e. The minimum absolute atomic E-state index is 0.112. The van der Waals surface area contributed by atoms with Crippen LogP contribution in [-0.2, 0) is 40.7 Å². The summed E-state index contributed by atoms with van der Waals surface area (Å²) >= 11 is 0. The Morgan fingerprint density at radius 2 is 1.71 bits per heavy atom. The maximum atomic E-state index is 12.5. The molecule has 3 aliphatic heterocycles. The fourth-order valence-electron chi connectivity index (χ4n) is 4.62. The summed E-state index contributed by atoms with van der Waals surface area (Å²) in [4.78, 5) is 14.4. The third-order valence-electron chi connectivity index (χ3n) is 6.47. The molecule has 8 nitrogen and oxygen atoms in total. The van der Waals surface area contributed by atoms with E-state index in [-0.39, 0.29) is 5.75 Å². The molecule has 0 saturated carbocycles. The van der Waals surface area contributed by atoms with Crippen LogP contribution in [0.5, 0.6) is 0 Å². The number of sulfonamides is 1. The van der Waals surface area contributed by atoms with Crippen molar-refractivity contribution in [2.24, 2.45) is 0 Å². The Hall–Kier alpha value is -2.23. The first-order valence-electron chi connectivity index (χ1n) is 11.1. The lowest BCUT2D eigenvalue weighted by molar-refractivity contribution is 0.122. The molecule has 0 unspecified atom stereocenters. The summed E-state index contributed by atoms with van der Waals surface area (Å²) in [5, 5.41) is 0. The van der Waals surface area contributed by atoms with Gasteiger partial charge in [-0.2, -0.15) is 9.29 Å². The molecule has 0 amide bonds. The van der Waals surface area contributed by atoms with Crippen LogP contribution in [0.25, 0.3) is 0 Å². The van der Waals surface area contributed by atoms with E-state index in [1.807, 2.05) is 0 Å². The van der Waals surface area contributed by atoms with Crippen LogP contribution < -0.4 is 9.80 Å². The average molecular weight is 444 g/mol. The number of rotatable bonds is 4. The highest BCUT2D eigenvalue weighted by atomic mass is 32.2. The van der Waals surface area contributed by atoms with Crippen LogP contribution in [0.1, 0.15) is 29.3 Å². The highest BCUT2D eigenvalue weighted by Gasteiger charge is 2.32. The monoisotopic (exact) mass is 443 g/mol. The van der Waals surface area contributed by atoms with Gasteiger partial charge >= 0.3 is 0 Å². The number of benzene rings is 1. The van der Waals surface area contributed by atoms with Crippen molar-refractivity contribution in [2.45, 2.75) is 32.9 Å². The summed E-state index contributed by atoms with van der Waals surface area (Å²) in [7, 11) is -3.25. The number of fused-ring (bicyclic) bond motifs is 2. The Morgan fingerprint density at radius 3 is 2.48 bits per heavy atom. The van der Waals surface area contributed by atoms with Crippen LogP contribution in [-0.4, -0.2) is 67.8 Å². The van der Waals surface area contributed by atoms with Crippen molar-refractivity contribution >= 4 is 21.8 Å². The second kappa shape index (κ2) is 8.37. The van der Waals surface area contributed by atoms with Gasteiger partial charge in [-0.15, -0.1) is 0 Å². The van der Waals surface area contributed by atoms with Crippen LogP contribution in [0, 0.1) is 0 Å². The summed E-state index contributed by atoms with van der Waals surface area (Å²) in [6.45, 7) is 7.03. The van der Waals surface area contributed by atoms with Crippen LogP contribution >= 0.6 is 0 Å². The molecule has 31 heavy (non-hydrogen) atoms. The lowest BCUT2D eigenvalue weighted by atomic mass is 10.0. The second-order valence-electron chi connectivity index (χ2n) is 8.30. The first-order valence-corrected chi connectivity index (χ1v) is 12.7. The van der Waals surface area contributed by atoms with E-state index in [2.05, 4.69) is 34.1 Å². The first-order chi connectivity index (χ1) is 15.0. The molecule has 0 radical (unpaired) electrons. The van der Waals surface area contributed by atoms with Gasteiger partial charge in [0.15, 0.2) is 0 Å². The normalized spacial score (nSPS) is 19.8. The van der Waals surface area contributed by atoms with E-state index in [0.29, 0.717) is 32.7 Å². The number of aromatic nitrogens is 2. The van der Waals surface area contributed by atoms with Crippen molar-refractivity contribution in [3.05, 3.63) is 46.6 Å². The molecule has 0 N–H and O–H groups in total. The third-order valence-corrected chi connectivity index (χ3v) is 8.30. The summed E-state index contributed by atoms with van der Waals surface area (Å²) < 4.78 is 32.2. The first kappa shape index (κ1) is 20.7. The zero-order valence-electron chi connectivity index (χ0n) is 18.0. The summed E-state index contributed by atoms with van der Waals surface area (Å²) in [5.41, 5.74) is 4.65. The zero-order valence-corrected chi connectivity index (χ0v) is 18.8. The van der Waals surface area contributed by atoms with Gasteiger partial charge in [0.05, 0.1) is 24.7 Å². The van der Waals surface area contributed by atoms with Gasteiger partial charge < -0.3 is 14.5 Å².